The number of benzene rings is 1. The lowest BCUT2D eigenvalue weighted by molar-refractivity contribution is -0.130. The summed E-state index contributed by atoms with van der Waals surface area (Å²) >= 11 is 1.08. The monoisotopic (exact) mass is 356 g/mol. The van der Waals surface area contributed by atoms with E-state index in [0.29, 0.717) is 12.1 Å². The average molecular weight is 356 g/mol. The van der Waals surface area contributed by atoms with Crippen LogP contribution in [-0.4, -0.2) is 32.3 Å². The van der Waals surface area contributed by atoms with Crippen molar-refractivity contribution >= 4 is 27.3 Å². The molecule has 23 heavy (non-hydrogen) atoms. The maximum Gasteiger partial charge on any atom is 0.250 e. The van der Waals surface area contributed by atoms with Gasteiger partial charge in [-0.15, -0.1) is 11.3 Å². The van der Waals surface area contributed by atoms with Crippen LogP contribution in [0.4, 0.5) is 4.39 Å². The zero-order valence-corrected chi connectivity index (χ0v) is 14.2. The summed E-state index contributed by atoms with van der Waals surface area (Å²) in [6.45, 7) is 2.08. The molecule has 1 amide bonds. The van der Waals surface area contributed by atoms with E-state index in [2.05, 4.69) is 4.72 Å². The van der Waals surface area contributed by atoms with Crippen molar-refractivity contribution in [2.24, 2.45) is 0 Å². The molecule has 0 saturated carbocycles. The second-order valence-electron chi connectivity index (χ2n) is 4.79. The number of thiophene rings is 1. The van der Waals surface area contributed by atoms with E-state index in [1.807, 2.05) is 0 Å². The van der Waals surface area contributed by atoms with Crippen LogP contribution in [0.15, 0.2) is 46.0 Å². The highest BCUT2D eigenvalue weighted by Crippen LogP contribution is 2.15. The van der Waals surface area contributed by atoms with Crippen molar-refractivity contribution in [1.29, 1.82) is 0 Å². The number of likely N-dealkylation sites (N-methyl/N-ethyl adjacent to an activating group) is 1. The maximum atomic E-state index is 13.2. The Hall–Kier alpha value is -1.77. The third-order valence-electron chi connectivity index (χ3n) is 3.17. The van der Waals surface area contributed by atoms with Gasteiger partial charge in [-0.25, -0.2) is 17.5 Å². The number of nitrogens with one attached hydrogen (secondary N) is 1. The lowest BCUT2D eigenvalue weighted by Gasteiger charge is -2.21. The lowest BCUT2D eigenvalue weighted by Crippen LogP contribution is -2.39. The Balaban J connectivity index is 1.98. The molecule has 2 rings (SSSR count). The first-order valence-corrected chi connectivity index (χ1v) is 9.34. The summed E-state index contributed by atoms with van der Waals surface area (Å²) in [5, 5.41) is 1.65. The molecule has 0 aliphatic carbocycles. The van der Waals surface area contributed by atoms with Crippen LogP contribution in [0.5, 0.6) is 0 Å². The van der Waals surface area contributed by atoms with Crippen molar-refractivity contribution in [3.05, 3.63) is 53.2 Å². The molecule has 1 heterocycles. The van der Waals surface area contributed by atoms with Crippen molar-refractivity contribution in [3.63, 3.8) is 0 Å². The van der Waals surface area contributed by atoms with Gasteiger partial charge in [-0.3, -0.25) is 4.79 Å². The molecule has 0 atom stereocenters. The zero-order valence-electron chi connectivity index (χ0n) is 12.5. The van der Waals surface area contributed by atoms with Crippen LogP contribution in [0.1, 0.15) is 12.5 Å². The third kappa shape index (κ3) is 4.85. The average Bonchev–Trinajstić information content (AvgIpc) is 3.06. The van der Waals surface area contributed by atoms with Crippen molar-refractivity contribution in [1.82, 2.24) is 9.62 Å². The highest BCUT2D eigenvalue weighted by molar-refractivity contribution is 7.91. The molecule has 8 heteroatoms. The van der Waals surface area contributed by atoms with Crippen molar-refractivity contribution in [2.45, 2.75) is 17.7 Å². The first kappa shape index (κ1) is 17.6. The zero-order chi connectivity index (χ0) is 16.9. The van der Waals surface area contributed by atoms with E-state index in [1.54, 1.807) is 30.5 Å². The Kier molecular flexibility index (Phi) is 5.86. The fourth-order valence-electron chi connectivity index (χ4n) is 1.99. The molecule has 0 fully saturated rings. The van der Waals surface area contributed by atoms with Gasteiger partial charge >= 0.3 is 0 Å². The Labute approximate surface area is 138 Å². The molecule has 124 valence electrons. The maximum absolute atomic E-state index is 13.2. The number of amides is 1. The quantitative estimate of drug-likeness (QED) is 0.827. The molecule has 0 bridgehead atoms. The van der Waals surface area contributed by atoms with Crippen LogP contribution in [0.25, 0.3) is 0 Å². The van der Waals surface area contributed by atoms with Gasteiger partial charge in [-0.05, 0) is 36.1 Å². The minimum Gasteiger partial charge on any atom is -0.338 e. The number of carbonyl (C=O) groups is 1. The predicted octanol–water partition coefficient (Wildman–Crippen LogP) is 2.21. The van der Waals surface area contributed by atoms with Gasteiger partial charge in [-0.1, -0.05) is 18.2 Å². The molecule has 1 N–H and O–H groups in total. The summed E-state index contributed by atoms with van der Waals surface area (Å²) in [5.41, 5.74) is 0.654. The number of sulfonamides is 1. The molecule has 1 aromatic heterocycles. The van der Waals surface area contributed by atoms with Gasteiger partial charge in [0.15, 0.2) is 0 Å². The van der Waals surface area contributed by atoms with Gasteiger partial charge in [0.1, 0.15) is 10.0 Å². The molecule has 0 aliphatic heterocycles. The number of hydrogen-bond donors (Lipinski definition) is 1. The number of halogens is 1. The Morgan fingerprint density at radius 1 is 1.30 bits per heavy atom. The van der Waals surface area contributed by atoms with Gasteiger partial charge in [-0.2, -0.15) is 0 Å². The summed E-state index contributed by atoms with van der Waals surface area (Å²) < 4.78 is 39.6. The van der Waals surface area contributed by atoms with Crippen LogP contribution in [0, 0.1) is 5.82 Å². The van der Waals surface area contributed by atoms with Gasteiger partial charge in [0.05, 0.1) is 6.54 Å². The van der Waals surface area contributed by atoms with E-state index in [1.165, 1.54) is 23.1 Å². The SMILES string of the molecule is CCN(Cc1cccc(F)c1)C(=O)CNS(=O)(=O)c1cccs1. The highest BCUT2D eigenvalue weighted by atomic mass is 32.2. The van der Waals surface area contributed by atoms with Crippen molar-refractivity contribution in [3.8, 4) is 0 Å². The van der Waals surface area contributed by atoms with Gasteiger partial charge < -0.3 is 4.90 Å². The molecule has 1 aromatic carbocycles. The van der Waals surface area contributed by atoms with Gasteiger partial charge in [0.2, 0.25) is 5.91 Å². The molecule has 2 aromatic rings. The summed E-state index contributed by atoms with van der Waals surface area (Å²) in [7, 11) is -3.67. The largest absolute Gasteiger partial charge is 0.338 e. The third-order valence-corrected chi connectivity index (χ3v) is 5.97. The topological polar surface area (TPSA) is 66.5 Å². The second-order valence-corrected chi connectivity index (χ2v) is 7.74. The fraction of sp³-hybridized carbons (Fsp3) is 0.267. The van der Waals surface area contributed by atoms with Crippen LogP contribution < -0.4 is 4.72 Å². The molecule has 0 saturated heterocycles. The normalized spacial score (nSPS) is 11.4. The van der Waals surface area contributed by atoms with Gasteiger partial charge in [0.25, 0.3) is 10.0 Å². The van der Waals surface area contributed by atoms with Crippen LogP contribution in [-0.2, 0) is 21.4 Å². The first-order valence-electron chi connectivity index (χ1n) is 6.98. The van der Waals surface area contributed by atoms with Crippen molar-refractivity contribution in [2.75, 3.05) is 13.1 Å². The number of nitrogens with zero attached hydrogens (tertiary/aromatic N) is 1. The summed E-state index contributed by atoms with van der Waals surface area (Å²) in [6, 6.07) is 9.07. The van der Waals surface area contributed by atoms with E-state index in [4.69, 9.17) is 0 Å². The molecule has 0 radical (unpaired) electrons. The van der Waals surface area contributed by atoms with E-state index < -0.39 is 10.0 Å². The van der Waals surface area contributed by atoms with Crippen molar-refractivity contribution < 1.29 is 17.6 Å². The van der Waals surface area contributed by atoms with Gasteiger partial charge in [0, 0.05) is 13.1 Å². The summed E-state index contributed by atoms with van der Waals surface area (Å²) in [4.78, 5) is 13.7. The molecule has 0 aliphatic rings. The smallest absolute Gasteiger partial charge is 0.250 e. The highest BCUT2D eigenvalue weighted by Gasteiger charge is 2.19. The molecule has 0 unspecified atom stereocenters. The van der Waals surface area contributed by atoms with E-state index in [9.17, 15) is 17.6 Å². The molecule has 0 spiro atoms. The molecular formula is C15H17FN2O3S2. The first-order chi connectivity index (χ1) is 10.9. The minimum atomic E-state index is -3.67. The molecule has 5 nitrogen and oxygen atoms in total. The van der Waals surface area contributed by atoms with Crippen LogP contribution in [0.2, 0.25) is 0 Å². The number of rotatable bonds is 7. The Bertz CT molecular complexity index is 761. The Morgan fingerprint density at radius 3 is 2.70 bits per heavy atom. The minimum absolute atomic E-state index is 0.165. The van der Waals surface area contributed by atoms with E-state index in [-0.39, 0.29) is 29.0 Å². The fourth-order valence-corrected chi connectivity index (χ4v) is 4.00. The number of hydrogen-bond acceptors (Lipinski definition) is 4. The Morgan fingerprint density at radius 2 is 2.09 bits per heavy atom. The number of carbonyl (C=O) groups excluding carboxylic acids is 1. The lowest BCUT2D eigenvalue weighted by atomic mass is 10.2. The second kappa shape index (κ2) is 7.67. The standard InChI is InChI=1S/C15H17FN2O3S2/c1-2-18(11-12-5-3-6-13(16)9-12)14(19)10-17-23(20,21)15-7-4-8-22-15/h3-9,17H,2,10-11H2,1H3. The molecular weight excluding hydrogens is 339 g/mol. The van der Waals surface area contributed by atoms with E-state index in [0.717, 1.165) is 11.3 Å². The summed E-state index contributed by atoms with van der Waals surface area (Å²) in [5.74, 6) is -0.735. The summed E-state index contributed by atoms with van der Waals surface area (Å²) in [6.07, 6.45) is 0. The van der Waals surface area contributed by atoms with E-state index >= 15 is 0 Å². The van der Waals surface area contributed by atoms with Crippen LogP contribution in [0.3, 0.4) is 0 Å². The predicted molar refractivity (Wildman–Crippen MR) is 87.0 cm³/mol. The van der Waals surface area contributed by atoms with Crippen LogP contribution >= 0.6 is 11.3 Å².